The number of aryl methyl sites for hydroxylation is 1. The van der Waals surface area contributed by atoms with E-state index in [4.69, 9.17) is 13.9 Å². The number of hydrogen-bond donors (Lipinski definition) is 1. The summed E-state index contributed by atoms with van der Waals surface area (Å²) < 4.78 is 16.4. The van der Waals surface area contributed by atoms with E-state index in [1.165, 1.54) is 16.7 Å². The largest absolute Gasteiger partial charge is 0.493 e. The van der Waals surface area contributed by atoms with E-state index in [1.807, 2.05) is 18.2 Å². The Morgan fingerprint density at radius 3 is 2.41 bits per heavy atom. The SMILES string of the molecule is COc1ccc(C[NH2+]CC[C@H](c2ccc(C)cc2)c2ccco2)cc1OC. The van der Waals surface area contributed by atoms with Crippen LogP contribution in [0.5, 0.6) is 11.5 Å². The molecule has 2 N–H and O–H groups in total. The van der Waals surface area contributed by atoms with Gasteiger partial charge in [0, 0.05) is 17.9 Å². The van der Waals surface area contributed by atoms with Crippen molar-refractivity contribution in [1.82, 2.24) is 0 Å². The molecule has 2 aromatic carbocycles. The maximum Gasteiger partial charge on any atom is 0.161 e. The van der Waals surface area contributed by atoms with Crippen LogP contribution in [0.1, 0.15) is 34.8 Å². The van der Waals surface area contributed by atoms with Gasteiger partial charge in [-0.05, 0) is 42.8 Å². The highest BCUT2D eigenvalue weighted by Gasteiger charge is 2.17. The van der Waals surface area contributed by atoms with Crippen LogP contribution < -0.4 is 14.8 Å². The standard InChI is InChI=1S/C23H27NO3/c1-17-6-9-19(10-7-17)20(21-5-4-14-27-21)12-13-24-16-18-8-11-22(25-2)23(15-18)26-3/h4-11,14-15,20,24H,12-13,16H2,1-3H3/p+1/t20-/m1/s1. The van der Waals surface area contributed by atoms with Gasteiger partial charge in [0.15, 0.2) is 11.5 Å². The Bertz CT molecular complexity index is 825. The van der Waals surface area contributed by atoms with Crippen LogP contribution in [-0.4, -0.2) is 20.8 Å². The molecular formula is C23H28NO3+. The van der Waals surface area contributed by atoms with Crippen molar-refractivity contribution in [2.75, 3.05) is 20.8 Å². The summed E-state index contributed by atoms with van der Waals surface area (Å²) in [5.41, 5.74) is 3.80. The van der Waals surface area contributed by atoms with Crippen molar-refractivity contribution in [3.05, 3.63) is 83.3 Å². The van der Waals surface area contributed by atoms with E-state index >= 15 is 0 Å². The molecule has 0 amide bonds. The third-order valence-electron chi connectivity index (χ3n) is 4.85. The number of methoxy groups -OCH3 is 2. The van der Waals surface area contributed by atoms with Crippen LogP contribution in [0, 0.1) is 6.92 Å². The third kappa shape index (κ3) is 4.92. The fourth-order valence-corrected chi connectivity index (χ4v) is 3.32. The zero-order chi connectivity index (χ0) is 19.1. The lowest BCUT2D eigenvalue weighted by atomic mass is 9.92. The second-order valence-corrected chi connectivity index (χ2v) is 6.74. The molecule has 0 bridgehead atoms. The molecule has 0 aliphatic rings. The monoisotopic (exact) mass is 366 g/mol. The van der Waals surface area contributed by atoms with Gasteiger partial charge in [0.1, 0.15) is 12.3 Å². The average Bonchev–Trinajstić information content (AvgIpc) is 3.23. The van der Waals surface area contributed by atoms with Gasteiger partial charge in [-0.25, -0.2) is 0 Å². The summed E-state index contributed by atoms with van der Waals surface area (Å²) in [6.45, 7) is 4.02. The molecule has 0 saturated carbocycles. The molecular weight excluding hydrogens is 338 g/mol. The van der Waals surface area contributed by atoms with Crippen LogP contribution in [-0.2, 0) is 6.54 Å². The Kier molecular flexibility index (Phi) is 6.55. The first-order valence-corrected chi connectivity index (χ1v) is 9.33. The molecule has 1 atom stereocenters. The van der Waals surface area contributed by atoms with Crippen molar-refractivity contribution in [1.29, 1.82) is 0 Å². The number of ether oxygens (including phenoxy) is 2. The molecule has 0 aliphatic carbocycles. The maximum atomic E-state index is 5.71. The van der Waals surface area contributed by atoms with Crippen LogP contribution in [0.15, 0.2) is 65.3 Å². The highest BCUT2D eigenvalue weighted by Crippen LogP contribution is 2.28. The Morgan fingerprint density at radius 1 is 0.963 bits per heavy atom. The number of rotatable bonds is 9. The molecule has 0 radical (unpaired) electrons. The summed E-state index contributed by atoms with van der Waals surface area (Å²) in [5.74, 6) is 2.84. The van der Waals surface area contributed by atoms with E-state index in [0.29, 0.717) is 0 Å². The van der Waals surface area contributed by atoms with E-state index in [2.05, 4.69) is 48.6 Å². The van der Waals surface area contributed by atoms with Gasteiger partial charge in [-0.1, -0.05) is 29.8 Å². The molecule has 0 saturated heterocycles. The quantitative estimate of drug-likeness (QED) is 0.585. The molecule has 4 heteroatoms. The lowest BCUT2D eigenvalue weighted by Gasteiger charge is -2.15. The van der Waals surface area contributed by atoms with Gasteiger partial charge in [-0.3, -0.25) is 0 Å². The number of benzene rings is 2. The van der Waals surface area contributed by atoms with Gasteiger partial charge in [0.2, 0.25) is 0 Å². The maximum absolute atomic E-state index is 5.71. The van der Waals surface area contributed by atoms with Gasteiger partial charge in [-0.15, -0.1) is 0 Å². The van der Waals surface area contributed by atoms with E-state index in [1.54, 1.807) is 20.5 Å². The number of hydrogen-bond acceptors (Lipinski definition) is 3. The summed E-state index contributed by atoms with van der Waals surface area (Å²) >= 11 is 0. The molecule has 1 aromatic heterocycles. The summed E-state index contributed by atoms with van der Waals surface area (Å²) in [5, 5.41) is 2.32. The fourth-order valence-electron chi connectivity index (χ4n) is 3.32. The minimum atomic E-state index is 0.280. The summed E-state index contributed by atoms with van der Waals surface area (Å²) in [4.78, 5) is 0. The Hall–Kier alpha value is -2.72. The van der Waals surface area contributed by atoms with E-state index in [-0.39, 0.29) is 5.92 Å². The number of quaternary nitrogens is 1. The van der Waals surface area contributed by atoms with Crippen LogP contribution in [0.4, 0.5) is 0 Å². The molecule has 3 aromatic rings. The second kappa shape index (κ2) is 9.28. The van der Waals surface area contributed by atoms with Gasteiger partial charge < -0.3 is 19.2 Å². The molecule has 27 heavy (non-hydrogen) atoms. The van der Waals surface area contributed by atoms with Gasteiger partial charge in [0.25, 0.3) is 0 Å². The van der Waals surface area contributed by atoms with Crippen LogP contribution >= 0.6 is 0 Å². The minimum Gasteiger partial charge on any atom is -0.493 e. The van der Waals surface area contributed by atoms with Crippen molar-refractivity contribution in [3.63, 3.8) is 0 Å². The Morgan fingerprint density at radius 2 is 1.74 bits per heavy atom. The lowest BCUT2D eigenvalue weighted by molar-refractivity contribution is -0.671. The normalized spacial score (nSPS) is 12.0. The Labute approximate surface area is 161 Å². The van der Waals surface area contributed by atoms with Crippen molar-refractivity contribution in [2.45, 2.75) is 25.8 Å². The summed E-state index contributed by atoms with van der Waals surface area (Å²) in [6.07, 6.45) is 2.77. The predicted molar refractivity (Wildman–Crippen MR) is 106 cm³/mol. The van der Waals surface area contributed by atoms with Gasteiger partial charge in [-0.2, -0.15) is 0 Å². The fraction of sp³-hybridized carbons (Fsp3) is 0.304. The predicted octanol–water partition coefficient (Wildman–Crippen LogP) is 3.89. The smallest absolute Gasteiger partial charge is 0.161 e. The van der Waals surface area contributed by atoms with Gasteiger partial charge in [0.05, 0.1) is 27.0 Å². The van der Waals surface area contributed by atoms with Crippen LogP contribution in [0.2, 0.25) is 0 Å². The van der Waals surface area contributed by atoms with Crippen molar-refractivity contribution >= 4 is 0 Å². The molecule has 0 spiro atoms. The summed E-state index contributed by atoms with van der Waals surface area (Å²) in [7, 11) is 3.32. The molecule has 0 unspecified atom stereocenters. The topological polar surface area (TPSA) is 48.2 Å². The zero-order valence-corrected chi connectivity index (χ0v) is 16.3. The van der Waals surface area contributed by atoms with Crippen molar-refractivity contribution in [3.8, 4) is 11.5 Å². The third-order valence-corrected chi connectivity index (χ3v) is 4.85. The first-order chi connectivity index (χ1) is 13.2. The van der Waals surface area contributed by atoms with E-state index < -0.39 is 0 Å². The number of furan rings is 1. The zero-order valence-electron chi connectivity index (χ0n) is 16.3. The molecule has 142 valence electrons. The first kappa shape index (κ1) is 19.1. The number of nitrogens with two attached hydrogens (primary N) is 1. The molecule has 1 heterocycles. The van der Waals surface area contributed by atoms with Crippen molar-refractivity contribution < 1.29 is 19.2 Å². The highest BCUT2D eigenvalue weighted by atomic mass is 16.5. The highest BCUT2D eigenvalue weighted by molar-refractivity contribution is 5.42. The molecule has 0 aliphatic heterocycles. The van der Waals surface area contributed by atoms with Gasteiger partial charge >= 0.3 is 0 Å². The summed E-state index contributed by atoms with van der Waals surface area (Å²) in [6, 6.07) is 18.9. The Balaban J connectivity index is 1.61. The molecule has 0 fully saturated rings. The second-order valence-electron chi connectivity index (χ2n) is 6.74. The lowest BCUT2D eigenvalue weighted by Crippen LogP contribution is -2.82. The molecule has 4 nitrogen and oxygen atoms in total. The van der Waals surface area contributed by atoms with Crippen molar-refractivity contribution in [2.24, 2.45) is 0 Å². The average molecular weight is 366 g/mol. The van der Waals surface area contributed by atoms with E-state index in [9.17, 15) is 0 Å². The first-order valence-electron chi connectivity index (χ1n) is 9.33. The minimum absolute atomic E-state index is 0.280. The van der Waals surface area contributed by atoms with Crippen LogP contribution in [0.25, 0.3) is 0 Å². The molecule has 3 rings (SSSR count). The van der Waals surface area contributed by atoms with Crippen LogP contribution in [0.3, 0.4) is 0 Å². The van der Waals surface area contributed by atoms with E-state index in [0.717, 1.165) is 36.8 Å².